The van der Waals surface area contributed by atoms with Crippen molar-refractivity contribution in [1.29, 1.82) is 0 Å². The van der Waals surface area contributed by atoms with E-state index in [2.05, 4.69) is 10.6 Å². The summed E-state index contributed by atoms with van der Waals surface area (Å²) in [5.41, 5.74) is 2.21. The molecule has 7 heteroatoms. The molecule has 7 nitrogen and oxygen atoms in total. The highest BCUT2D eigenvalue weighted by atomic mass is 16.5. The smallest absolute Gasteiger partial charge is 0.338 e. The fourth-order valence-corrected chi connectivity index (χ4v) is 2.67. The van der Waals surface area contributed by atoms with Crippen LogP contribution in [-0.4, -0.2) is 36.0 Å². The number of hydrogen-bond acceptors (Lipinski definition) is 4. The summed E-state index contributed by atoms with van der Waals surface area (Å²) in [7, 11) is 1.60. The number of carbonyl (C=O) groups is 3. The van der Waals surface area contributed by atoms with E-state index in [9.17, 15) is 14.4 Å². The lowest BCUT2D eigenvalue weighted by Crippen LogP contribution is -2.46. The van der Waals surface area contributed by atoms with E-state index in [0.717, 1.165) is 0 Å². The van der Waals surface area contributed by atoms with Crippen LogP contribution in [-0.2, 0) is 14.3 Å². The lowest BCUT2D eigenvalue weighted by molar-refractivity contribution is -0.143. The largest absolute Gasteiger partial charge is 0.459 e. The van der Waals surface area contributed by atoms with Crippen molar-refractivity contribution < 1.29 is 19.1 Å². The van der Waals surface area contributed by atoms with Crippen LogP contribution in [0.5, 0.6) is 0 Å². The zero-order valence-corrected chi connectivity index (χ0v) is 15.8. The number of anilines is 1. The van der Waals surface area contributed by atoms with Gasteiger partial charge in [0.05, 0.1) is 17.7 Å². The van der Waals surface area contributed by atoms with Gasteiger partial charge < -0.3 is 20.3 Å². The first-order valence-electron chi connectivity index (χ1n) is 8.60. The van der Waals surface area contributed by atoms with Gasteiger partial charge in [0, 0.05) is 24.9 Å². The van der Waals surface area contributed by atoms with E-state index >= 15 is 0 Å². The second kappa shape index (κ2) is 8.03. The first kappa shape index (κ1) is 19.5. The summed E-state index contributed by atoms with van der Waals surface area (Å²) in [6, 6.07) is 6.12. The number of allylic oxidation sites excluding steroid dienone is 1. The predicted molar refractivity (Wildman–Crippen MR) is 98.3 cm³/mol. The molecule has 2 N–H and O–H groups in total. The molecule has 0 bridgehead atoms. The number of benzene rings is 1. The van der Waals surface area contributed by atoms with Crippen molar-refractivity contribution in [2.75, 3.05) is 12.4 Å². The third kappa shape index (κ3) is 4.22. The Bertz CT molecular complexity index is 755. The molecule has 1 atom stereocenters. The van der Waals surface area contributed by atoms with E-state index in [0.29, 0.717) is 28.9 Å². The minimum Gasteiger partial charge on any atom is -0.459 e. The molecule has 1 aliphatic rings. The molecule has 0 spiro atoms. The minimum absolute atomic E-state index is 0.110. The zero-order valence-electron chi connectivity index (χ0n) is 15.8. The molecule has 1 aromatic rings. The molecule has 26 heavy (non-hydrogen) atoms. The highest BCUT2D eigenvalue weighted by molar-refractivity contribution is 5.95. The van der Waals surface area contributed by atoms with E-state index in [1.807, 2.05) is 0 Å². The number of ether oxygens (including phenoxy) is 1. The molecule has 0 saturated carbocycles. The van der Waals surface area contributed by atoms with E-state index in [-0.39, 0.29) is 18.0 Å². The number of nitrogens with zero attached hydrogens (tertiary/aromatic N) is 1. The number of amides is 3. The molecule has 3 amide bonds. The molecule has 0 radical (unpaired) electrons. The Morgan fingerprint density at radius 2 is 2.04 bits per heavy atom. The van der Waals surface area contributed by atoms with E-state index < -0.39 is 12.0 Å². The van der Waals surface area contributed by atoms with Gasteiger partial charge in [-0.05, 0) is 38.5 Å². The Morgan fingerprint density at radius 1 is 1.35 bits per heavy atom. The van der Waals surface area contributed by atoms with Crippen molar-refractivity contribution in [2.45, 2.75) is 46.3 Å². The van der Waals surface area contributed by atoms with Gasteiger partial charge in [0.15, 0.2) is 0 Å². The summed E-state index contributed by atoms with van der Waals surface area (Å²) >= 11 is 0. The number of nitrogens with one attached hydrogen (secondary N) is 2. The minimum atomic E-state index is -0.650. The summed E-state index contributed by atoms with van der Waals surface area (Å²) < 4.78 is 5.36. The second-order valence-electron chi connectivity index (χ2n) is 6.42. The Balaban J connectivity index is 2.44. The first-order valence-corrected chi connectivity index (χ1v) is 8.60. The summed E-state index contributed by atoms with van der Waals surface area (Å²) in [5, 5.41) is 5.61. The van der Waals surface area contributed by atoms with Crippen molar-refractivity contribution in [3.8, 4) is 0 Å². The summed E-state index contributed by atoms with van der Waals surface area (Å²) in [6.07, 6.45) is 0.0849. The quantitative estimate of drug-likeness (QED) is 0.791. The van der Waals surface area contributed by atoms with Gasteiger partial charge in [-0.1, -0.05) is 19.1 Å². The van der Waals surface area contributed by atoms with Crippen molar-refractivity contribution in [1.82, 2.24) is 10.2 Å². The lowest BCUT2D eigenvalue weighted by atomic mass is 9.94. The average Bonchev–Trinajstić information content (AvgIpc) is 2.58. The van der Waals surface area contributed by atoms with Crippen LogP contribution in [0, 0.1) is 0 Å². The summed E-state index contributed by atoms with van der Waals surface area (Å²) in [4.78, 5) is 37.9. The van der Waals surface area contributed by atoms with Crippen molar-refractivity contribution in [3.05, 3.63) is 41.1 Å². The highest BCUT2D eigenvalue weighted by Crippen LogP contribution is 2.32. The number of esters is 1. The van der Waals surface area contributed by atoms with Crippen LogP contribution in [0.15, 0.2) is 35.5 Å². The van der Waals surface area contributed by atoms with Crippen LogP contribution in [0.4, 0.5) is 10.5 Å². The molecule has 0 saturated heterocycles. The maximum atomic E-state index is 12.6. The maximum absolute atomic E-state index is 12.6. The number of rotatable bonds is 5. The molecular weight excluding hydrogens is 334 g/mol. The molecule has 1 aromatic carbocycles. The first-order chi connectivity index (χ1) is 12.2. The van der Waals surface area contributed by atoms with Gasteiger partial charge in [0.1, 0.15) is 0 Å². The number of carbonyl (C=O) groups excluding carboxylic acids is 3. The third-order valence-corrected chi connectivity index (χ3v) is 4.14. The van der Waals surface area contributed by atoms with E-state index in [1.54, 1.807) is 59.0 Å². The van der Waals surface area contributed by atoms with Crippen LogP contribution in [0.25, 0.3) is 0 Å². The normalized spacial score (nSPS) is 17.2. The van der Waals surface area contributed by atoms with Gasteiger partial charge in [-0.2, -0.15) is 0 Å². The van der Waals surface area contributed by atoms with Gasteiger partial charge in [-0.25, -0.2) is 9.59 Å². The van der Waals surface area contributed by atoms with Crippen molar-refractivity contribution >= 4 is 23.6 Å². The monoisotopic (exact) mass is 359 g/mol. The summed E-state index contributed by atoms with van der Waals surface area (Å²) in [5.74, 6) is -0.585. The van der Waals surface area contributed by atoms with E-state index in [4.69, 9.17) is 4.74 Å². The molecular formula is C19H25N3O4. The lowest BCUT2D eigenvalue weighted by Gasteiger charge is -2.33. The molecule has 0 fully saturated rings. The topological polar surface area (TPSA) is 87.7 Å². The zero-order chi connectivity index (χ0) is 19.4. The Hall–Kier alpha value is -2.83. The van der Waals surface area contributed by atoms with Crippen LogP contribution in [0.2, 0.25) is 0 Å². The highest BCUT2D eigenvalue weighted by Gasteiger charge is 2.35. The Labute approximate surface area is 153 Å². The van der Waals surface area contributed by atoms with Crippen LogP contribution < -0.4 is 10.6 Å². The second-order valence-corrected chi connectivity index (χ2v) is 6.42. The SMILES string of the molecule is CCC(=O)Nc1cccc(C2NC(=O)N(C)C(C)=C2C(=O)OC(C)C)c1. The van der Waals surface area contributed by atoms with Crippen LogP contribution in [0.1, 0.15) is 45.7 Å². The molecule has 1 unspecified atom stereocenters. The molecule has 0 aromatic heterocycles. The van der Waals surface area contributed by atoms with E-state index in [1.165, 1.54) is 4.90 Å². The van der Waals surface area contributed by atoms with Crippen LogP contribution >= 0.6 is 0 Å². The molecule has 0 aliphatic carbocycles. The Kier molecular flexibility index (Phi) is 6.02. The van der Waals surface area contributed by atoms with Crippen LogP contribution in [0.3, 0.4) is 0 Å². The van der Waals surface area contributed by atoms with Gasteiger partial charge in [-0.3, -0.25) is 4.79 Å². The predicted octanol–water partition coefficient (Wildman–Crippen LogP) is 2.96. The number of hydrogen-bond donors (Lipinski definition) is 2. The van der Waals surface area contributed by atoms with Crippen molar-refractivity contribution in [2.24, 2.45) is 0 Å². The fraction of sp³-hybridized carbons (Fsp3) is 0.421. The standard InChI is InChI=1S/C19H25N3O4/c1-6-15(23)20-14-9-7-8-13(10-14)17-16(18(24)26-11(2)3)12(4)22(5)19(25)21-17/h7-11,17H,6H2,1-5H3,(H,20,23)(H,21,25). The molecule has 1 heterocycles. The van der Waals surface area contributed by atoms with Gasteiger partial charge >= 0.3 is 12.0 Å². The third-order valence-electron chi connectivity index (χ3n) is 4.14. The molecule has 140 valence electrons. The maximum Gasteiger partial charge on any atom is 0.338 e. The van der Waals surface area contributed by atoms with Gasteiger partial charge in [-0.15, -0.1) is 0 Å². The molecule has 2 rings (SSSR count). The summed E-state index contributed by atoms with van der Waals surface area (Å²) in [6.45, 7) is 7.03. The molecule has 1 aliphatic heterocycles. The Morgan fingerprint density at radius 3 is 2.65 bits per heavy atom. The van der Waals surface area contributed by atoms with Gasteiger partial charge in [0.25, 0.3) is 0 Å². The van der Waals surface area contributed by atoms with Crippen molar-refractivity contribution in [3.63, 3.8) is 0 Å². The number of urea groups is 1. The van der Waals surface area contributed by atoms with Gasteiger partial charge in [0.2, 0.25) is 5.91 Å². The fourth-order valence-electron chi connectivity index (χ4n) is 2.67. The average molecular weight is 359 g/mol.